The molecule has 3 rings (SSSR count). The molecule has 2 aromatic carbocycles. The number of nitrogens with one attached hydrogen (secondary N) is 1. The average Bonchev–Trinajstić information content (AvgIpc) is 3.03. The number of para-hydroxylation sites is 1. The Labute approximate surface area is 165 Å². The number of carbonyl (C=O) groups excluding carboxylic acids is 1. The highest BCUT2D eigenvalue weighted by atomic mass is 32.2. The predicted molar refractivity (Wildman–Crippen MR) is 109 cm³/mol. The zero-order valence-electron chi connectivity index (χ0n) is 16.4. The number of anilines is 1. The van der Waals surface area contributed by atoms with E-state index < -0.39 is 21.3 Å². The van der Waals surface area contributed by atoms with Crippen LogP contribution in [0.15, 0.2) is 65.3 Å². The number of allylic oxidation sites excluding steroid dienone is 1. The van der Waals surface area contributed by atoms with E-state index in [1.807, 2.05) is 42.2 Å². The Hall–Kier alpha value is -2.80. The van der Waals surface area contributed by atoms with Crippen LogP contribution in [0.3, 0.4) is 0 Å². The first-order valence-electron chi connectivity index (χ1n) is 8.93. The van der Waals surface area contributed by atoms with Crippen molar-refractivity contribution in [1.29, 1.82) is 0 Å². The molecule has 148 valence electrons. The topological polar surface area (TPSA) is 75.7 Å². The van der Waals surface area contributed by atoms with Crippen LogP contribution in [0.5, 0.6) is 0 Å². The molecule has 0 fully saturated rings. The highest BCUT2D eigenvalue weighted by molar-refractivity contribution is 7.90. The van der Waals surface area contributed by atoms with E-state index >= 15 is 0 Å². The smallest absolute Gasteiger partial charge is 0.264 e. The quantitative estimate of drug-likeness (QED) is 0.847. The van der Waals surface area contributed by atoms with Gasteiger partial charge in [0, 0.05) is 16.7 Å². The maximum absolute atomic E-state index is 12.5. The van der Waals surface area contributed by atoms with Crippen molar-refractivity contribution in [2.75, 3.05) is 11.6 Å². The fourth-order valence-corrected chi connectivity index (χ4v) is 3.94. The van der Waals surface area contributed by atoms with Crippen LogP contribution in [0, 0.1) is 5.41 Å². The molecule has 0 saturated heterocycles. The Morgan fingerprint density at radius 3 is 2.21 bits per heavy atom. The predicted octanol–water partition coefficient (Wildman–Crippen LogP) is 3.72. The van der Waals surface area contributed by atoms with Gasteiger partial charge in [-0.3, -0.25) is 4.79 Å². The molecular formula is C21H24N2O4S. The van der Waals surface area contributed by atoms with E-state index in [4.69, 9.17) is 4.74 Å². The fraction of sp³-hybridized carbons (Fsp3) is 0.286. The minimum absolute atomic E-state index is 0.0391. The van der Waals surface area contributed by atoms with Crippen molar-refractivity contribution in [2.45, 2.75) is 32.6 Å². The molecular weight excluding hydrogens is 376 g/mol. The zero-order valence-corrected chi connectivity index (χ0v) is 17.2. The van der Waals surface area contributed by atoms with Crippen molar-refractivity contribution in [1.82, 2.24) is 4.72 Å². The zero-order chi connectivity index (χ0) is 20.5. The van der Waals surface area contributed by atoms with Crippen LogP contribution in [-0.2, 0) is 19.6 Å². The molecule has 2 aromatic rings. The van der Waals surface area contributed by atoms with Crippen LogP contribution in [0.25, 0.3) is 5.70 Å². The van der Waals surface area contributed by atoms with Crippen molar-refractivity contribution < 1.29 is 17.9 Å². The van der Waals surface area contributed by atoms with Crippen molar-refractivity contribution in [3.63, 3.8) is 0 Å². The molecule has 0 bridgehead atoms. The molecule has 6 nitrogen and oxygen atoms in total. The monoisotopic (exact) mass is 400 g/mol. The summed E-state index contributed by atoms with van der Waals surface area (Å²) < 4.78 is 32.8. The van der Waals surface area contributed by atoms with E-state index in [2.05, 4.69) is 4.72 Å². The molecule has 28 heavy (non-hydrogen) atoms. The van der Waals surface area contributed by atoms with E-state index in [1.165, 1.54) is 12.1 Å². The summed E-state index contributed by atoms with van der Waals surface area (Å²) in [5, 5.41) is 0. The lowest BCUT2D eigenvalue weighted by atomic mass is 9.96. The second-order valence-electron chi connectivity index (χ2n) is 7.65. The third kappa shape index (κ3) is 4.04. The lowest BCUT2D eigenvalue weighted by molar-refractivity contribution is -0.126. The van der Waals surface area contributed by atoms with Crippen LogP contribution in [0.2, 0.25) is 0 Å². The van der Waals surface area contributed by atoms with E-state index in [0.717, 1.165) is 22.7 Å². The molecule has 1 aliphatic rings. The minimum atomic E-state index is -3.92. The number of carbonyl (C=O) groups is 1. The summed E-state index contributed by atoms with van der Waals surface area (Å²) >= 11 is 0. The second kappa shape index (κ2) is 7.31. The molecule has 7 heteroatoms. The van der Waals surface area contributed by atoms with Crippen molar-refractivity contribution >= 4 is 27.3 Å². The third-order valence-corrected chi connectivity index (χ3v) is 5.77. The first-order valence-corrected chi connectivity index (χ1v) is 10.4. The summed E-state index contributed by atoms with van der Waals surface area (Å²) in [5.41, 5.74) is 1.91. The summed E-state index contributed by atoms with van der Waals surface area (Å²) in [6.07, 6.45) is 0. The summed E-state index contributed by atoms with van der Waals surface area (Å²) in [6, 6.07) is 16.3. The third-order valence-electron chi connectivity index (χ3n) is 4.43. The van der Waals surface area contributed by atoms with Gasteiger partial charge in [0.2, 0.25) is 5.91 Å². The molecule has 1 N–H and O–H groups in total. The largest absolute Gasteiger partial charge is 0.475 e. The normalized spacial score (nSPS) is 14.8. The molecule has 0 saturated carbocycles. The molecule has 0 radical (unpaired) electrons. The number of hydrogen-bond acceptors (Lipinski definition) is 5. The summed E-state index contributed by atoms with van der Waals surface area (Å²) in [6.45, 7) is 7.26. The number of benzene rings is 2. The molecule has 1 amide bonds. The van der Waals surface area contributed by atoms with Gasteiger partial charge in [0.05, 0.1) is 10.6 Å². The Bertz CT molecular complexity index is 1000. The van der Waals surface area contributed by atoms with Gasteiger partial charge in [-0.25, -0.2) is 13.1 Å². The van der Waals surface area contributed by atoms with Crippen LogP contribution < -0.4 is 9.62 Å². The minimum Gasteiger partial charge on any atom is -0.475 e. The van der Waals surface area contributed by atoms with Gasteiger partial charge < -0.3 is 9.64 Å². The molecule has 1 aliphatic heterocycles. The summed E-state index contributed by atoms with van der Waals surface area (Å²) in [4.78, 5) is 14.1. The standard InChI is InChI=1S/C21H24N2O4S/c1-15-19(23(14-27-15)17-8-6-5-7-9-17)16-10-12-18(13-11-16)28(25,26)22-20(24)21(2,3)4/h5-13H,14H2,1-4H3,(H,22,24). The van der Waals surface area contributed by atoms with Crippen molar-refractivity contribution in [2.24, 2.45) is 5.41 Å². The Kier molecular flexibility index (Phi) is 5.21. The highest BCUT2D eigenvalue weighted by Gasteiger charge is 2.28. The van der Waals surface area contributed by atoms with Crippen LogP contribution in [0.4, 0.5) is 5.69 Å². The maximum atomic E-state index is 12.5. The number of nitrogens with zero attached hydrogens (tertiary/aromatic N) is 1. The lowest BCUT2D eigenvalue weighted by Gasteiger charge is -2.20. The molecule has 0 aromatic heterocycles. The number of ether oxygens (including phenoxy) is 1. The first kappa shape index (κ1) is 19.9. The lowest BCUT2D eigenvalue weighted by Crippen LogP contribution is -2.38. The van der Waals surface area contributed by atoms with Crippen LogP contribution in [0.1, 0.15) is 33.3 Å². The Morgan fingerprint density at radius 2 is 1.64 bits per heavy atom. The fourth-order valence-electron chi connectivity index (χ4n) is 2.78. The van der Waals surface area contributed by atoms with Gasteiger partial charge in [0.25, 0.3) is 10.0 Å². The number of rotatable bonds is 4. The van der Waals surface area contributed by atoms with Crippen molar-refractivity contribution in [3.8, 4) is 0 Å². The number of sulfonamides is 1. The van der Waals surface area contributed by atoms with Gasteiger partial charge in [-0.05, 0) is 31.2 Å². The van der Waals surface area contributed by atoms with Gasteiger partial charge in [-0.15, -0.1) is 0 Å². The highest BCUT2D eigenvalue weighted by Crippen LogP contribution is 2.34. The van der Waals surface area contributed by atoms with E-state index in [-0.39, 0.29) is 4.90 Å². The SMILES string of the molecule is CC1=C(c2ccc(S(=O)(=O)NC(=O)C(C)(C)C)cc2)N(c2ccccc2)CO1. The van der Waals surface area contributed by atoms with Crippen LogP contribution >= 0.6 is 0 Å². The second-order valence-corrected chi connectivity index (χ2v) is 9.33. The van der Waals surface area contributed by atoms with Gasteiger partial charge >= 0.3 is 0 Å². The van der Waals surface area contributed by atoms with Gasteiger partial charge in [0.15, 0.2) is 6.73 Å². The number of hydrogen-bond donors (Lipinski definition) is 1. The maximum Gasteiger partial charge on any atom is 0.264 e. The summed E-state index contributed by atoms with van der Waals surface area (Å²) in [7, 11) is -3.92. The van der Waals surface area contributed by atoms with Crippen LogP contribution in [-0.4, -0.2) is 21.1 Å². The van der Waals surface area contributed by atoms with Gasteiger partial charge in [0.1, 0.15) is 5.76 Å². The average molecular weight is 401 g/mol. The van der Waals surface area contributed by atoms with E-state index in [1.54, 1.807) is 32.9 Å². The molecule has 0 atom stereocenters. The van der Waals surface area contributed by atoms with Gasteiger partial charge in [-0.2, -0.15) is 0 Å². The molecule has 0 aliphatic carbocycles. The van der Waals surface area contributed by atoms with E-state index in [9.17, 15) is 13.2 Å². The Morgan fingerprint density at radius 1 is 1.04 bits per heavy atom. The van der Waals surface area contributed by atoms with Crippen molar-refractivity contribution in [3.05, 3.63) is 65.9 Å². The molecule has 0 unspecified atom stereocenters. The number of amides is 1. The Balaban J connectivity index is 1.88. The molecule has 1 heterocycles. The summed E-state index contributed by atoms with van der Waals surface area (Å²) in [5.74, 6) is 0.218. The first-order chi connectivity index (χ1) is 13.1. The van der Waals surface area contributed by atoms with E-state index in [0.29, 0.717) is 6.73 Å². The van der Waals surface area contributed by atoms with Gasteiger partial charge in [-0.1, -0.05) is 51.1 Å². The molecule has 0 spiro atoms.